The molecule has 0 N–H and O–H groups in total. The molecule has 246 valence electrons. The fraction of sp³-hybridized carbons (Fsp3) is 0. The van der Waals surface area contributed by atoms with Crippen LogP contribution in [0.4, 0.5) is 0 Å². The molecular weight excluding hydrogens is 659 g/mol. The maximum Gasteiger partial charge on any atom is 0.124 e. The molecule has 0 atom stereocenters. The Labute approximate surface area is 311 Å². The number of rotatable bonds is 4. The van der Waals surface area contributed by atoms with Gasteiger partial charge in [-0.3, -0.25) is 0 Å². The standard InChI is InChI=1S/C51H31NS/c1-3-11-34-28-40(22-17-32(34)9-1)49-43-13-5-6-14-44(43)50(41-23-18-33-10-2-4-12-35(33)29-41)46-31-39(25-26-45(46)49)37-19-20-38-30-42(24-21-36(38)27-37)51-52-47-15-7-8-16-48(47)53-51/h1-31H. The molecule has 1 aromatic heterocycles. The van der Waals surface area contributed by atoms with Crippen LogP contribution in [0.25, 0.3) is 108 Å². The van der Waals surface area contributed by atoms with Gasteiger partial charge in [0.1, 0.15) is 5.01 Å². The van der Waals surface area contributed by atoms with E-state index in [0.717, 1.165) is 16.1 Å². The zero-order valence-electron chi connectivity index (χ0n) is 28.8. The van der Waals surface area contributed by atoms with Gasteiger partial charge in [-0.15, -0.1) is 11.3 Å². The fourth-order valence-corrected chi connectivity index (χ4v) is 9.19. The lowest BCUT2D eigenvalue weighted by Crippen LogP contribution is -1.92. The molecule has 11 aromatic rings. The second-order valence-corrected chi connectivity index (χ2v) is 15.0. The van der Waals surface area contributed by atoms with Gasteiger partial charge in [-0.2, -0.15) is 0 Å². The van der Waals surface area contributed by atoms with Crippen LogP contribution >= 0.6 is 11.3 Å². The first-order chi connectivity index (χ1) is 26.2. The van der Waals surface area contributed by atoms with Crippen molar-refractivity contribution in [3.05, 3.63) is 188 Å². The van der Waals surface area contributed by atoms with Crippen LogP contribution in [0.1, 0.15) is 0 Å². The highest BCUT2D eigenvalue weighted by atomic mass is 32.1. The summed E-state index contributed by atoms with van der Waals surface area (Å²) in [5, 5.41) is 13.5. The van der Waals surface area contributed by atoms with Crippen molar-refractivity contribution in [2.45, 2.75) is 0 Å². The molecule has 0 amide bonds. The normalized spacial score (nSPS) is 11.8. The minimum absolute atomic E-state index is 1.05. The van der Waals surface area contributed by atoms with Crippen molar-refractivity contribution in [1.29, 1.82) is 0 Å². The van der Waals surface area contributed by atoms with Crippen LogP contribution in [0.15, 0.2) is 188 Å². The summed E-state index contributed by atoms with van der Waals surface area (Å²) in [6.45, 7) is 0. The molecule has 1 heterocycles. The number of thiazole rings is 1. The van der Waals surface area contributed by atoms with Crippen molar-refractivity contribution < 1.29 is 0 Å². The Morgan fingerprint density at radius 1 is 0.302 bits per heavy atom. The van der Waals surface area contributed by atoms with E-state index in [-0.39, 0.29) is 0 Å². The fourth-order valence-electron chi connectivity index (χ4n) is 8.22. The van der Waals surface area contributed by atoms with Gasteiger partial charge in [0.15, 0.2) is 0 Å². The second kappa shape index (κ2) is 12.0. The quantitative estimate of drug-likeness (QED) is 0.168. The number of fused-ring (bicyclic) bond motifs is 6. The molecule has 0 aliphatic rings. The van der Waals surface area contributed by atoms with E-state index in [0.29, 0.717) is 0 Å². The van der Waals surface area contributed by atoms with Crippen LogP contribution in [0.2, 0.25) is 0 Å². The first-order valence-electron chi connectivity index (χ1n) is 18.1. The molecule has 1 nitrogen and oxygen atoms in total. The van der Waals surface area contributed by atoms with Gasteiger partial charge in [-0.05, 0) is 130 Å². The zero-order valence-corrected chi connectivity index (χ0v) is 29.6. The molecule has 0 aliphatic heterocycles. The van der Waals surface area contributed by atoms with E-state index in [1.165, 1.54) is 91.9 Å². The highest BCUT2D eigenvalue weighted by Gasteiger charge is 2.18. The average Bonchev–Trinajstić information content (AvgIpc) is 3.66. The summed E-state index contributed by atoms with van der Waals surface area (Å²) in [6.07, 6.45) is 0. The number of hydrogen-bond acceptors (Lipinski definition) is 2. The van der Waals surface area contributed by atoms with Crippen molar-refractivity contribution >= 4 is 75.4 Å². The summed E-state index contributed by atoms with van der Waals surface area (Å²) in [5.74, 6) is 0. The predicted octanol–water partition coefficient (Wildman–Crippen LogP) is 14.7. The van der Waals surface area contributed by atoms with Gasteiger partial charge in [0.05, 0.1) is 10.2 Å². The van der Waals surface area contributed by atoms with Crippen molar-refractivity contribution in [3.63, 3.8) is 0 Å². The van der Waals surface area contributed by atoms with Gasteiger partial charge in [0.25, 0.3) is 0 Å². The third kappa shape index (κ3) is 5.03. The van der Waals surface area contributed by atoms with Crippen LogP contribution in [-0.4, -0.2) is 4.98 Å². The van der Waals surface area contributed by atoms with Crippen molar-refractivity contribution in [2.75, 3.05) is 0 Å². The zero-order chi connectivity index (χ0) is 34.9. The third-order valence-corrected chi connectivity index (χ3v) is 11.9. The number of para-hydroxylation sites is 1. The van der Waals surface area contributed by atoms with Gasteiger partial charge < -0.3 is 0 Å². The maximum absolute atomic E-state index is 4.92. The smallest absolute Gasteiger partial charge is 0.124 e. The minimum atomic E-state index is 1.05. The van der Waals surface area contributed by atoms with E-state index in [2.05, 4.69) is 188 Å². The Bertz CT molecular complexity index is 3210. The van der Waals surface area contributed by atoms with E-state index in [1.54, 1.807) is 11.3 Å². The topological polar surface area (TPSA) is 12.9 Å². The average molecular weight is 690 g/mol. The highest BCUT2D eigenvalue weighted by Crippen LogP contribution is 2.46. The minimum Gasteiger partial charge on any atom is -0.236 e. The summed E-state index contributed by atoms with van der Waals surface area (Å²) in [5.41, 5.74) is 9.63. The molecular formula is C51H31NS. The molecule has 0 saturated carbocycles. The number of nitrogens with zero attached hydrogens (tertiary/aromatic N) is 1. The molecule has 0 saturated heterocycles. The molecule has 2 heteroatoms. The van der Waals surface area contributed by atoms with Gasteiger partial charge in [0, 0.05) is 5.56 Å². The van der Waals surface area contributed by atoms with Crippen LogP contribution in [0, 0.1) is 0 Å². The van der Waals surface area contributed by atoms with Crippen LogP contribution in [0.3, 0.4) is 0 Å². The first-order valence-corrected chi connectivity index (χ1v) is 18.9. The second-order valence-electron chi connectivity index (χ2n) is 13.9. The lowest BCUT2D eigenvalue weighted by atomic mass is 9.84. The Balaban J connectivity index is 1.13. The molecule has 11 rings (SSSR count). The number of aromatic nitrogens is 1. The SMILES string of the molecule is c1ccc2cc(-c3c4ccccc4c(-c4ccc5ccccc5c4)c4cc(-c5ccc6cc(-c7nc8ccccc8s7)ccc6c5)ccc34)ccc2c1. The van der Waals surface area contributed by atoms with Crippen LogP contribution in [0.5, 0.6) is 0 Å². The monoisotopic (exact) mass is 689 g/mol. The van der Waals surface area contributed by atoms with E-state index in [4.69, 9.17) is 4.98 Å². The molecule has 0 aliphatic carbocycles. The summed E-state index contributed by atoms with van der Waals surface area (Å²) in [4.78, 5) is 4.92. The number of hydrogen-bond donors (Lipinski definition) is 0. The molecule has 10 aromatic carbocycles. The van der Waals surface area contributed by atoms with E-state index in [9.17, 15) is 0 Å². The van der Waals surface area contributed by atoms with Gasteiger partial charge in [-0.1, -0.05) is 146 Å². The predicted molar refractivity (Wildman–Crippen MR) is 229 cm³/mol. The lowest BCUT2D eigenvalue weighted by molar-refractivity contribution is 1.48. The third-order valence-electron chi connectivity index (χ3n) is 10.8. The summed E-state index contributed by atoms with van der Waals surface area (Å²) in [7, 11) is 0. The summed E-state index contributed by atoms with van der Waals surface area (Å²) in [6, 6.07) is 69.1. The van der Waals surface area contributed by atoms with Crippen molar-refractivity contribution in [1.82, 2.24) is 4.98 Å². The highest BCUT2D eigenvalue weighted by molar-refractivity contribution is 7.21. The van der Waals surface area contributed by atoms with E-state index < -0.39 is 0 Å². The van der Waals surface area contributed by atoms with Crippen molar-refractivity contribution in [2.24, 2.45) is 0 Å². The molecule has 0 spiro atoms. The van der Waals surface area contributed by atoms with Crippen LogP contribution in [-0.2, 0) is 0 Å². The molecule has 53 heavy (non-hydrogen) atoms. The molecule has 0 fully saturated rings. The number of benzene rings is 10. The Morgan fingerprint density at radius 2 is 0.736 bits per heavy atom. The van der Waals surface area contributed by atoms with Gasteiger partial charge in [0.2, 0.25) is 0 Å². The van der Waals surface area contributed by atoms with E-state index >= 15 is 0 Å². The Hall–Kier alpha value is -6.61. The molecule has 0 radical (unpaired) electrons. The summed E-state index contributed by atoms with van der Waals surface area (Å²) < 4.78 is 1.22. The summed E-state index contributed by atoms with van der Waals surface area (Å²) >= 11 is 1.75. The lowest BCUT2D eigenvalue weighted by Gasteiger charge is -2.19. The Kier molecular flexibility index (Phi) is 6.80. The molecule has 0 bridgehead atoms. The maximum atomic E-state index is 4.92. The molecule has 0 unspecified atom stereocenters. The van der Waals surface area contributed by atoms with E-state index in [1.807, 2.05) is 0 Å². The van der Waals surface area contributed by atoms with Crippen LogP contribution < -0.4 is 0 Å². The van der Waals surface area contributed by atoms with Gasteiger partial charge in [-0.25, -0.2) is 4.98 Å². The largest absolute Gasteiger partial charge is 0.236 e. The first kappa shape index (κ1) is 30.1. The van der Waals surface area contributed by atoms with Gasteiger partial charge >= 0.3 is 0 Å². The van der Waals surface area contributed by atoms with Crippen molar-refractivity contribution in [3.8, 4) is 44.0 Å². The Morgan fingerprint density at radius 3 is 1.42 bits per heavy atom.